The van der Waals surface area contributed by atoms with Crippen LogP contribution in [0.5, 0.6) is 5.75 Å². The van der Waals surface area contributed by atoms with Crippen molar-refractivity contribution < 1.29 is 24.0 Å². The fourth-order valence-corrected chi connectivity index (χ4v) is 2.82. The van der Waals surface area contributed by atoms with E-state index in [2.05, 4.69) is 0 Å². The van der Waals surface area contributed by atoms with E-state index in [1.807, 2.05) is 0 Å². The summed E-state index contributed by atoms with van der Waals surface area (Å²) in [6.45, 7) is 2.17. The molecule has 0 aromatic heterocycles. The van der Waals surface area contributed by atoms with Crippen molar-refractivity contribution in [1.29, 1.82) is 0 Å². The third kappa shape index (κ3) is 8.33. The van der Waals surface area contributed by atoms with Gasteiger partial charge in [-0.1, -0.05) is 12.8 Å². The molecule has 1 aromatic carbocycles. The molecule has 0 spiro atoms. The molecule has 0 aliphatic rings. The lowest BCUT2D eigenvalue weighted by Gasteiger charge is -2.11. The van der Waals surface area contributed by atoms with Crippen LogP contribution < -0.4 is 4.74 Å². The number of hydrogen-bond donors (Lipinski definition) is 0. The van der Waals surface area contributed by atoms with Gasteiger partial charge in [-0.25, -0.2) is 0 Å². The second-order valence-corrected chi connectivity index (χ2v) is 6.80. The highest BCUT2D eigenvalue weighted by Crippen LogP contribution is 2.30. The number of carbonyl (C=O) groups excluding carboxylic acids is 2. The molecule has 0 saturated heterocycles. The molecule has 0 fully saturated rings. The number of esters is 1. The minimum absolute atomic E-state index is 0.00290. The number of ether oxygens (including phenoxy) is 2. The molecule has 0 saturated carbocycles. The molecule has 160 valence electrons. The molecule has 0 bridgehead atoms. The van der Waals surface area contributed by atoms with Crippen molar-refractivity contribution in [3.63, 3.8) is 0 Å². The van der Waals surface area contributed by atoms with Crippen LogP contribution in [-0.2, 0) is 16.0 Å². The largest absolute Gasteiger partial charge is 0.496 e. The van der Waals surface area contributed by atoms with Gasteiger partial charge in [0.05, 0.1) is 18.6 Å². The Hall–Kier alpha value is -2.90. The number of aryl methyl sites for hydroxylation is 1. The molecule has 8 heteroatoms. The van der Waals surface area contributed by atoms with Crippen molar-refractivity contribution in [2.45, 2.75) is 45.4 Å². The van der Waals surface area contributed by atoms with Crippen LogP contribution in [0.1, 0.15) is 54.9 Å². The molecule has 0 atom stereocenters. The Balaban J connectivity index is 2.80. The maximum Gasteiger partial charge on any atom is 0.305 e. The van der Waals surface area contributed by atoms with Gasteiger partial charge in [0.15, 0.2) is 5.78 Å². The fraction of sp³-hybridized carbons (Fsp3) is 0.524. The van der Waals surface area contributed by atoms with Crippen molar-refractivity contribution in [2.75, 3.05) is 27.8 Å². The maximum absolute atomic E-state index is 12.4. The van der Waals surface area contributed by atoms with Crippen LogP contribution in [0.4, 0.5) is 5.69 Å². The Morgan fingerprint density at radius 3 is 2.45 bits per heavy atom. The van der Waals surface area contributed by atoms with Crippen LogP contribution in [0.25, 0.3) is 0 Å². The summed E-state index contributed by atoms with van der Waals surface area (Å²) in [6, 6.07) is 2.87. The van der Waals surface area contributed by atoms with Gasteiger partial charge in [-0.3, -0.25) is 19.7 Å². The number of hydrogen-bond acceptors (Lipinski definition) is 7. The van der Waals surface area contributed by atoms with E-state index in [1.165, 1.54) is 25.3 Å². The van der Waals surface area contributed by atoms with Gasteiger partial charge in [-0.05, 0) is 32.3 Å². The maximum atomic E-state index is 12.4. The molecule has 1 aromatic rings. The molecule has 0 aliphatic carbocycles. The summed E-state index contributed by atoms with van der Waals surface area (Å²) >= 11 is 0. The van der Waals surface area contributed by atoms with E-state index >= 15 is 0 Å². The fourth-order valence-electron chi connectivity index (χ4n) is 2.82. The first-order valence-corrected chi connectivity index (χ1v) is 9.70. The number of rotatable bonds is 13. The molecule has 29 heavy (non-hydrogen) atoms. The number of carbonyl (C=O) groups is 2. The molecule has 0 aliphatic heterocycles. The highest BCUT2D eigenvalue weighted by molar-refractivity contribution is 6.07. The van der Waals surface area contributed by atoms with E-state index in [9.17, 15) is 19.7 Å². The molecule has 0 unspecified atom stereocenters. The Morgan fingerprint density at radius 1 is 1.17 bits per heavy atom. The van der Waals surface area contributed by atoms with Crippen molar-refractivity contribution >= 4 is 17.4 Å². The van der Waals surface area contributed by atoms with Crippen molar-refractivity contribution in [2.24, 2.45) is 0 Å². The SMILES string of the molecule is CCOC(=O)CCCCCCc1cc([N+](=O)[O-])c(C(=O)/C=C/N(C)C)cc1OC. The molecular formula is C21H30N2O6. The lowest BCUT2D eigenvalue weighted by atomic mass is 9.99. The van der Waals surface area contributed by atoms with Crippen LogP contribution in [0.2, 0.25) is 0 Å². The lowest BCUT2D eigenvalue weighted by molar-refractivity contribution is -0.385. The molecule has 8 nitrogen and oxygen atoms in total. The summed E-state index contributed by atoms with van der Waals surface area (Å²) in [4.78, 5) is 36.3. The van der Waals surface area contributed by atoms with E-state index in [4.69, 9.17) is 9.47 Å². The molecule has 0 N–H and O–H groups in total. The van der Waals surface area contributed by atoms with E-state index in [1.54, 1.807) is 32.1 Å². The third-order valence-corrected chi connectivity index (χ3v) is 4.27. The standard InChI is InChI=1S/C21H30N2O6/c1-5-29-21(25)11-9-7-6-8-10-16-14-18(23(26)27)17(15-20(16)28-4)19(24)12-13-22(2)3/h12-15H,5-11H2,1-4H3/b13-12+. The summed E-state index contributed by atoms with van der Waals surface area (Å²) in [5.74, 6) is -0.175. The topological polar surface area (TPSA) is 99.0 Å². The zero-order valence-corrected chi connectivity index (χ0v) is 17.6. The predicted molar refractivity (Wildman–Crippen MR) is 110 cm³/mol. The van der Waals surface area contributed by atoms with Gasteiger partial charge in [0, 0.05) is 44.4 Å². The van der Waals surface area contributed by atoms with Gasteiger partial charge in [-0.2, -0.15) is 0 Å². The van der Waals surface area contributed by atoms with Crippen LogP contribution in [0.15, 0.2) is 24.4 Å². The number of nitrogens with zero attached hydrogens (tertiary/aromatic N) is 2. The Bertz CT molecular complexity index is 743. The molecule has 0 heterocycles. The van der Waals surface area contributed by atoms with Gasteiger partial charge < -0.3 is 14.4 Å². The highest BCUT2D eigenvalue weighted by Gasteiger charge is 2.22. The predicted octanol–water partition coefficient (Wildman–Crippen LogP) is 3.92. The monoisotopic (exact) mass is 406 g/mol. The van der Waals surface area contributed by atoms with E-state index in [-0.39, 0.29) is 17.2 Å². The first kappa shape index (κ1) is 24.1. The smallest absolute Gasteiger partial charge is 0.305 e. The number of nitro groups is 1. The number of unbranched alkanes of at least 4 members (excludes halogenated alkanes) is 3. The summed E-state index contributed by atoms with van der Waals surface area (Å²) < 4.78 is 10.3. The molecule has 0 radical (unpaired) electrons. The Labute approximate surface area is 171 Å². The molecule has 1 rings (SSSR count). The van der Waals surface area contributed by atoms with Crippen LogP contribution in [0.3, 0.4) is 0 Å². The third-order valence-electron chi connectivity index (χ3n) is 4.27. The second-order valence-electron chi connectivity index (χ2n) is 6.80. The highest BCUT2D eigenvalue weighted by atomic mass is 16.6. The van der Waals surface area contributed by atoms with E-state index in [0.717, 1.165) is 25.7 Å². The summed E-state index contributed by atoms with van der Waals surface area (Å²) in [6.07, 6.45) is 7.13. The normalized spacial score (nSPS) is 10.8. The lowest BCUT2D eigenvalue weighted by Crippen LogP contribution is -2.07. The van der Waals surface area contributed by atoms with Gasteiger partial charge in [0.2, 0.25) is 0 Å². The van der Waals surface area contributed by atoms with Crippen molar-refractivity contribution in [3.8, 4) is 5.75 Å². The van der Waals surface area contributed by atoms with E-state index < -0.39 is 10.7 Å². The van der Waals surface area contributed by atoms with Crippen LogP contribution in [0, 0.1) is 10.1 Å². The van der Waals surface area contributed by atoms with E-state index in [0.29, 0.717) is 30.8 Å². The second kappa shape index (κ2) is 12.5. The zero-order chi connectivity index (χ0) is 21.8. The van der Waals surface area contributed by atoms with Crippen molar-refractivity contribution in [1.82, 2.24) is 4.90 Å². The quantitative estimate of drug-likeness (QED) is 0.122. The first-order valence-electron chi connectivity index (χ1n) is 9.70. The number of methoxy groups -OCH3 is 1. The molecular weight excluding hydrogens is 376 g/mol. The van der Waals surface area contributed by atoms with Crippen LogP contribution >= 0.6 is 0 Å². The minimum atomic E-state index is -0.543. The van der Waals surface area contributed by atoms with Crippen LogP contribution in [-0.4, -0.2) is 49.4 Å². The molecule has 0 amide bonds. The van der Waals surface area contributed by atoms with Gasteiger partial charge in [0.1, 0.15) is 11.3 Å². The number of nitro benzene ring substituents is 1. The minimum Gasteiger partial charge on any atom is -0.496 e. The Kier molecular flexibility index (Phi) is 10.4. The summed E-state index contributed by atoms with van der Waals surface area (Å²) in [5.41, 5.74) is 0.470. The number of ketones is 1. The van der Waals surface area contributed by atoms with Gasteiger partial charge in [0.25, 0.3) is 5.69 Å². The average molecular weight is 406 g/mol. The number of allylic oxidation sites excluding steroid dienone is 1. The average Bonchev–Trinajstić information content (AvgIpc) is 2.68. The zero-order valence-electron chi connectivity index (χ0n) is 17.6. The number of benzene rings is 1. The summed E-state index contributed by atoms with van der Waals surface area (Å²) in [7, 11) is 5.00. The first-order chi connectivity index (χ1) is 13.8. The van der Waals surface area contributed by atoms with Gasteiger partial charge >= 0.3 is 5.97 Å². The Morgan fingerprint density at radius 2 is 1.86 bits per heavy atom. The summed E-state index contributed by atoms with van der Waals surface area (Å²) in [5, 5.41) is 11.5. The van der Waals surface area contributed by atoms with Gasteiger partial charge in [-0.15, -0.1) is 0 Å². The van der Waals surface area contributed by atoms with Crippen molar-refractivity contribution in [3.05, 3.63) is 45.6 Å².